The van der Waals surface area contributed by atoms with Crippen molar-refractivity contribution in [2.45, 2.75) is 12.8 Å². The van der Waals surface area contributed by atoms with Crippen molar-refractivity contribution in [3.63, 3.8) is 0 Å². The third kappa shape index (κ3) is 5.84. The average Bonchev–Trinajstić information content (AvgIpc) is 2.36. The molecule has 0 atom stereocenters. The highest BCUT2D eigenvalue weighted by Gasteiger charge is 1.99. The molecule has 0 aliphatic heterocycles. The van der Waals surface area contributed by atoms with E-state index in [4.69, 9.17) is 15.2 Å². The number of unbranched alkanes of at least 4 members (excludes halogenated alkanes) is 1. The molecule has 102 valence electrons. The Labute approximate surface area is 107 Å². The van der Waals surface area contributed by atoms with Crippen molar-refractivity contribution in [3.8, 4) is 0 Å². The summed E-state index contributed by atoms with van der Waals surface area (Å²) in [5, 5.41) is 3.11. The zero-order chi connectivity index (χ0) is 13.2. The maximum absolute atomic E-state index is 13.0. The van der Waals surface area contributed by atoms with Crippen LogP contribution in [0.25, 0.3) is 0 Å². The molecule has 4 nitrogen and oxygen atoms in total. The van der Waals surface area contributed by atoms with Crippen LogP contribution in [0.2, 0.25) is 0 Å². The highest BCUT2D eigenvalue weighted by atomic mass is 19.1. The number of halogens is 1. The quantitative estimate of drug-likeness (QED) is 0.525. The van der Waals surface area contributed by atoms with Crippen molar-refractivity contribution < 1.29 is 13.9 Å². The molecule has 0 radical (unpaired) electrons. The van der Waals surface area contributed by atoms with E-state index in [0.717, 1.165) is 19.4 Å². The van der Waals surface area contributed by atoms with Gasteiger partial charge in [0.15, 0.2) is 0 Å². The highest BCUT2D eigenvalue weighted by Crippen LogP contribution is 2.18. The van der Waals surface area contributed by atoms with Gasteiger partial charge in [-0.2, -0.15) is 0 Å². The highest BCUT2D eigenvalue weighted by molar-refractivity contribution is 5.65. The lowest BCUT2D eigenvalue weighted by atomic mass is 10.2. The summed E-state index contributed by atoms with van der Waals surface area (Å²) in [4.78, 5) is 0. The molecule has 0 aromatic heterocycles. The van der Waals surface area contributed by atoms with E-state index in [-0.39, 0.29) is 5.82 Å². The molecule has 0 unspecified atom stereocenters. The molecule has 0 amide bonds. The normalized spacial score (nSPS) is 10.6. The van der Waals surface area contributed by atoms with Gasteiger partial charge < -0.3 is 20.5 Å². The molecule has 1 aromatic carbocycles. The molecule has 18 heavy (non-hydrogen) atoms. The second-order valence-corrected chi connectivity index (χ2v) is 3.97. The topological polar surface area (TPSA) is 56.5 Å². The largest absolute Gasteiger partial charge is 0.397 e. The minimum atomic E-state index is -0.283. The first-order valence-electron chi connectivity index (χ1n) is 6.09. The molecule has 0 saturated heterocycles. The number of rotatable bonds is 9. The van der Waals surface area contributed by atoms with Gasteiger partial charge in [-0.25, -0.2) is 4.39 Å². The fourth-order valence-electron chi connectivity index (χ4n) is 1.48. The number of methoxy groups -OCH3 is 1. The van der Waals surface area contributed by atoms with Gasteiger partial charge in [0.25, 0.3) is 0 Å². The van der Waals surface area contributed by atoms with Crippen molar-refractivity contribution in [3.05, 3.63) is 24.0 Å². The predicted octanol–water partition coefficient (Wildman–Crippen LogP) is 2.26. The van der Waals surface area contributed by atoms with Crippen molar-refractivity contribution in [1.82, 2.24) is 0 Å². The van der Waals surface area contributed by atoms with Crippen LogP contribution < -0.4 is 11.1 Å². The zero-order valence-electron chi connectivity index (χ0n) is 10.7. The summed E-state index contributed by atoms with van der Waals surface area (Å²) in [6.07, 6.45) is 1.90. The van der Waals surface area contributed by atoms with E-state index in [1.54, 1.807) is 13.2 Å². The van der Waals surface area contributed by atoms with Gasteiger partial charge in [-0.1, -0.05) is 0 Å². The van der Waals surface area contributed by atoms with Crippen molar-refractivity contribution in [1.29, 1.82) is 0 Å². The Kier molecular flexibility index (Phi) is 7.13. The number of hydrogen-bond donors (Lipinski definition) is 2. The fraction of sp³-hybridized carbons (Fsp3) is 0.538. The molecule has 0 heterocycles. The molecular weight excluding hydrogens is 235 g/mol. The summed E-state index contributed by atoms with van der Waals surface area (Å²) in [5.74, 6) is -0.283. The Hall–Kier alpha value is -1.33. The van der Waals surface area contributed by atoms with E-state index in [0.29, 0.717) is 31.2 Å². The van der Waals surface area contributed by atoms with Gasteiger partial charge in [-0.3, -0.25) is 0 Å². The average molecular weight is 256 g/mol. The summed E-state index contributed by atoms with van der Waals surface area (Å²) in [7, 11) is 1.65. The lowest BCUT2D eigenvalue weighted by molar-refractivity contribution is 0.0691. The molecule has 0 saturated carbocycles. The molecule has 0 bridgehead atoms. The molecule has 3 N–H and O–H groups in total. The number of nitrogen functional groups attached to an aromatic ring is 1. The van der Waals surface area contributed by atoms with Gasteiger partial charge >= 0.3 is 0 Å². The van der Waals surface area contributed by atoms with E-state index >= 15 is 0 Å². The fourth-order valence-corrected chi connectivity index (χ4v) is 1.48. The van der Waals surface area contributed by atoms with E-state index < -0.39 is 0 Å². The van der Waals surface area contributed by atoms with Gasteiger partial charge in [-0.05, 0) is 31.0 Å². The second-order valence-electron chi connectivity index (χ2n) is 3.97. The minimum Gasteiger partial charge on any atom is -0.397 e. The minimum absolute atomic E-state index is 0.283. The van der Waals surface area contributed by atoms with Crippen LogP contribution in [-0.2, 0) is 9.47 Å². The van der Waals surface area contributed by atoms with Crippen LogP contribution in [0.15, 0.2) is 18.2 Å². The van der Waals surface area contributed by atoms with Gasteiger partial charge in [0, 0.05) is 20.3 Å². The van der Waals surface area contributed by atoms with Gasteiger partial charge in [0.05, 0.1) is 24.6 Å². The third-order valence-electron chi connectivity index (χ3n) is 2.48. The number of ether oxygens (including phenoxy) is 2. The first-order chi connectivity index (χ1) is 8.74. The lowest BCUT2D eigenvalue weighted by Crippen LogP contribution is -2.07. The number of benzene rings is 1. The van der Waals surface area contributed by atoms with E-state index in [1.165, 1.54) is 12.1 Å². The van der Waals surface area contributed by atoms with Gasteiger partial charge in [0.2, 0.25) is 0 Å². The number of nitrogens with one attached hydrogen (secondary N) is 1. The number of nitrogens with two attached hydrogens (primary N) is 1. The van der Waals surface area contributed by atoms with E-state index in [9.17, 15) is 4.39 Å². The Balaban J connectivity index is 2.09. The Morgan fingerprint density at radius 1 is 1.22 bits per heavy atom. The van der Waals surface area contributed by atoms with Crippen LogP contribution in [0.1, 0.15) is 12.8 Å². The van der Waals surface area contributed by atoms with Crippen LogP contribution in [0.5, 0.6) is 0 Å². The summed E-state index contributed by atoms with van der Waals surface area (Å²) in [5.41, 5.74) is 6.93. The number of hydrogen-bond acceptors (Lipinski definition) is 4. The molecule has 0 fully saturated rings. The first-order valence-corrected chi connectivity index (χ1v) is 6.09. The number of anilines is 2. The van der Waals surface area contributed by atoms with Crippen LogP contribution in [-0.4, -0.2) is 33.5 Å². The Morgan fingerprint density at radius 3 is 2.83 bits per heavy atom. The smallest absolute Gasteiger partial charge is 0.125 e. The summed E-state index contributed by atoms with van der Waals surface area (Å²) >= 11 is 0. The third-order valence-corrected chi connectivity index (χ3v) is 2.48. The van der Waals surface area contributed by atoms with Crippen molar-refractivity contribution in [2.24, 2.45) is 0 Å². The lowest BCUT2D eigenvalue weighted by Gasteiger charge is -2.09. The summed E-state index contributed by atoms with van der Waals surface area (Å²) < 4.78 is 23.2. The van der Waals surface area contributed by atoms with E-state index in [1.807, 2.05) is 0 Å². The van der Waals surface area contributed by atoms with Crippen LogP contribution in [0.3, 0.4) is 0 Å². The monoisotopic (exact) mass is 256 g/mol. The molecule has 0 aliphatic rings. The standard InChI is InChI=1S/C13H21FN2O2/c1-17-8-9-18-7-3-2-6-16-13-10-11(14)4-5-12(13)15/h4-5,10,16H,2-3,6-9,15H2,1H3. The predicted molar refractivity (Wildman–Crippen MR) is 71.2 cm³/mol. The van der Waals surface area contributed by atoms with E-state index in [2.05, 4.69) is 5.32 Å². The zero-order valence-corrected chi connectivity index (χ0v) is 10.7. The second kappa shape index (κ2) is 8.72. The maximum Gasteiger partial charge on any atom is 0.125 e. The Bertz CT molecular complexity index is 348. The van der Waals surface area contributed by atoms with Gasteiger partial charge in [-0.15, -0.1) is 0 Å². The summed E-state index contributed by atoms with van der Waals surface area (Å²) in [6, 6.07) is 4.32. The summed E-state index contributed by atoms with van der Waals surface area (Å²) in [6.45, 7) is 2.71. The first kappa shape index (κ1) is 14.7. The SMILES string of the molecule is COCCOCCCCNc1cc(F)ccc1N. The van der Waals surface area contributed by atoms with Crippen LogP contribution >= 0.6 is 0 Å². The Morgan fingerprint density at radius 2 is 2.06 bits per heavy atom. The van der Waals surface area contributed by atoms with Gasteiger partial charge in [0.1, 0.15) is 5.82 Å². The van der Waals surface area contributed by atoms with Crippen molar-refractivity contribution >= 4 is 11.4 Å². The molecule has 5 heteroatoms. The molecule has 0 aliphatic carbocycles. The van der Waals surface area contributed by atoms with Crippen LogP contribution in [0, 0.1) is 5.82 Å². The maximum atomic E-state index is 13.0. The molecule has 1 rings (SSSR count). The molecular formula is C13H21FN2O2. The molecule has 0 spiro atoms. The molecule has 1 aromatic rings. The van der Waals surface area contributed by atoms with Crippen LogP contribution in [0.4, 0.5) is 15.8 Å². The van der Waals surface area contributed by atoms with Crippen molar-refractivity contribution in [2.75, 3.05) is 44.5 Å².